The van der Waals surface area contributed by atoms with E-state index < -0.39 is 6.04 Å². The van der Waals surface area contributed by atoms with Crippen molar-refractivity contribution >= 4 is 5.91 Å². The Balaban J connectivity index is 1.78. The van der Waals surface area contributed by atoms with Crippen molar-refractivity contribution in [3.8, 4) is 17.0 Å². The van der Waals surface area contributed by atoms with Gasteiger partial charge >= 0.3 is 0 Å². The fourth-order valence-corrected chi connectivity index (χ4v) is 3.78. The predicted octanol–water partition coefficient (Wildman–Crippen LogP) is 3.89. The van der Waals surface area contributed by atoms with E-state index in [0.717, 1.165) is 5.56 Å². The number of aromatic hydroxyl groups is 1. The van der Waals surface area contributed by atoms with Gasteiger partial charge in [-0.15, -0.1) is 0 Å². The predicted molar refractivity (Wildman–Crippen MR) is 106 cm³/mol. The fraction of sp³-hybridized carbons (Fsp3) is 0.273. The number of carbonyl (C=O) groups is 1. The molecule has 0 saturated carbocycles. The van der Waals surface area contributed by atoms with E-state index >= 15 is 0 Å². The van der Waals surface area contributed by atoms with Crippen molar-refractivity contribution in [2.24, 2.45) is 0 Å². The van der Waals surface area contributed by atoms with Crippen molar-refractivity contribution in [1.82, 2.24) is 15.1 Å². The third-order valence-corrected chi connectivity index (χ3v) is 5.10. The second-order valence-corrected chi connectivity index (χ2v) is 6.88. The topological polar surface area (TPSA) is 78.5 Å². The molecular formula is C22H22FN3O3. The summed E-state index contributed by atoms with van der Waals surface area (Å²) in [5, 5.41) is 17.5. The Morgan fingerprint density at radius 3 is 2.69 bits per heavy atom. The molecule has 2 aromatic carbocycles. The standard InChI is InChI=1S/C22H22FN3O3/c1-2-29-13-5-12-26-21(14-8-10-15(23)11-9-14)18-19(24-25-20(18)22(26)28)16-6-3-4-7-17(16)27/h3-4,6-11,21,27H,2,5,12-13H2,1H3,(H,24,25)/t21-/m0/s1. The molecule has 6 nitrogen and oxygen atoms in total. The summed E-state index contributed by atoms with van der Waals surface area (Å²) >= 11 is 0. The van der Waals surface area contributed by atoms with Gasteiger partial charge in [-0.3, -0.25) is 9.89 Å². The summed E-state index contributed by atoms with van der Waals surface area (Å²) in [6, 6.07) is 12.6. The van der Waals surface area contributed by atoms with Gasteiger partial charge in [-0.25, -0.2) is 4.39 Å². The molecule has 150 valence electrons. The summed E-state index contributed by atoms with van der Waals surface area (Å²) in [7, 11) is 0. The van der Waals surface area contributed by atoms with Crippen molar-refractivity contribution in [2.75, 3.05) is 19.8 Å². The first-order chi connectivity index (χ1) is 14.1. The molecule has 2 N–H and O–H groups in total. The number of hydrogen-bond donors (Lipinski definition) is 2. The van der Waals surface area contributed by atoms with E-state index in [9.17, 15) is 14.3 Å². The molecule has 0 unspecified atom stereocenters. The normalized spacial score (nSPS) is 15.7. The second kappa shape index (κ2) is 8.05. The Morgan fingerprint density at radius 2 is 1.97 bits per heavy atom. The summed E-state index contributed by atoms with van der Waals surface area (Å²) in [5.74, 6) is -0.420. The Kier molecular flexibility index (Phi) is 5.31. The third-order valence-electron chi connectivity index (χ3n) is 5.10. The number of nitrogens with one attached hydrogen (secondary N) is 1. The number of hydrogen-bond acceptors (Lipinski definition) is 4. The van der Waals surface area contributed by atoms with Crippen molar-refractivity contribution in [3.63, 3.8) is 0 Å². The van der Waals surface area contributed by atoms with Crippen LogP contribution in [0.25, 0.3) is 11.3 Å². The average Bonchev–Trinajstić information content (AvgIpc) is 3.26. The van der Waals surface area contributed by atoms with Crippen LogP contribution in [0.3, 0.4) is 0 Å². The van der Waals surface area contributed by atoms with E-state index in [2.05, 4.69) is 10.2 Å². The number of aromatic amines is 1. The summed E-state index contributed by atoms with van der Waals surface area (Å²) in [4.78, 5) is 14.9. The zero-order valence-electron chi connectivity index (χ0n) is 16.1. The van der Waals surface area contributed by atoms with Crippen LogP contribution in [0.4, 0.5) is 4.39 Å². The van der Waals surface area contributed by atoms with E-state index in [1.165, 1.54) is 12.1 Å². The molecule has 4 rings (SSSR count). The summed E-state index contributed by atoms with van der Waals surface area (Å²) in [6.07, 6.45) is 0.681. The molecule has 1 atom stereocenters. The lowest BCUT2D eigenvalue weighted by molar-refractivity contribution is 0.0710. The molecule has 1 aliphatic rings. The van der Waals surface area contributed by atoms with Crippen molar-refractivity contribution < 1.29 is 19.0 Å². The maximum Gasteiger partial charge on any atom is 0.273 e. The molecule has 0 fully saturated rings. The first kappa shape index (κ1) is 19.1. The van der Waals surface area contributed by atoms with Crippen molar-refractivity contribution in [2.45, 2.75) is 19.4 Å². The lowest BCUT2D eigenvalue weighted by Crippen LogP contribution is -2.31. The monoisotopic (exact) mass is 395 g/mol. The van der Waals surface area contributed by atoms with E-state index in [4.69, 9.17) is 4.74 Å². The molecule has 0 saturated heterocycles. The Morgan fingerprint density at radius 1 is 1.21 bits per heavy atom. The number of carbonyl (C=O) groups excluding carboxylic acids is 1. The highest BCUT2D eigenvalue weighted by Crippen LogP contribution is 2.44. The number of fused-ring (bicyclic) bond motifs is 1. The van der Waals surface area contributed by atoms with Crippen LogP contribution in [0, 0.1) is 5.82 Å². The quantitative estimate of drug-likeness (QED) is 0.595. The summed E-state index contributed by atoms with van der Waals surface area (Å²) in [5.41, 5.74) is 2.94. The van der Waals surface area contributed by atoms with Crippen molar-refractivity contribution in [3.05, 3.63) is 71.2 Å². The molecule has 1 amide bonds. The van der Waals surface area contributed by atoms with Gasteiger partial charge in [-0.05, 0) is 43.2 Å². The average molecular weight is 395 g/mol. The number of para-hydroxylation sites is 1. The van der Waals surface area contributed by atoms with Gasteiger partial charge in [-0.1, -0.05) is 24.3 Å². The van der Waals surface area contributed by atoms with E-state index in [-0.39, 0.29) is 17.5 Å². The first-order valence-corrected chi connectivity index (χ1v) is 9.62. The van der Waals surface area contributed by atoms with Crippen molar-refractivity contribution in [1.29, 1.82) is 0 Å². The zero-order valence-corrected chi connectivity index (χ0v) is 16.1. The highest BCUT2D eigenvalue weighted by molar-refractivity contribution is 6.00. The summed E-state index contributed by atoms with van der Waals surface area (Å²) < 4.78 is 18.9. The number of phenolic OH excluding ortho intramolecular Hbond substituents is 1. The molecule has 0 spiro atoms. The maximum absolute atomic E-state index is 13.5. The van der Waals surface area contributed by atoms with E-state index in [0.29, 0.717) is 48.7 Å². The molecule has 29 heavy (non-hydrogen) atoms. The minimum atomic E-state index is -0.423. The van der Waals surface area contributed by atoms with Gasteiger partial charge in [0.05, 0.1) is 6.04 Å². The van der Waals surface area contributed by atoms with Crippen LogP contribution >= 0.6 is 0 Å². The SMILES string of the molecule is CCOCCCN1C(=O)c2[nH]nc(-c3ccccc3O)c2[C@@H]1c1ccc(F)cc1. The zero-order chi connectivity index (χ0) is 20.4. The largest absolute Gasteiger partial charge is 0.507 e. The lowest BCUT2D eigenvalue weighted by atomic mass is 9.95. The van der Waals surface area contributed by atoms with Crippen LogP contribution < -0.4 is 0 Å². The number of H-pyrrole nitrogens is 1. The third kappa shape index (κ3) is 3.49. The van der Waals surface area contributed by atoms with Gasteiger partial charge in [0.25, 0.3) is 5.91 Å². The lowest BCUT2D eigenvalue weighted by Gasteiger charge is -2.26. The van der Waals surface area contributed by atoms with Gasteiger partial charge in [0.2, 0.25) is 0 Å². The minimum absolute atomic E-state index is 0.0851. The number of rotatable bonds is 7. The van der Waals surface area contributed by atoms with Crippen LogP contribution in [-0.2, 0) is 4.74 Å². The molecule has 0 bridgehead atoms. The molecule has 7 heteroatoms. The number of amides is 1. The molecular weight excluding hydrogens is 373 g/mol. The number of ether oxygens (including phenoxy) is 1. The fourth-order valence-electron chi connectivity index (χ4n) is 3.78. The smallest absolute Gasteiger partial charge is 0.273 e. The van der Waals surface area contributed by atoms with Crippen LogP contribution in [0.15, 0.2) is 48.5 Å². The number of aromatic nitrogens is 2. The Bertz CT molecular complexity index is 1020. The number of benzene rings is 2. The maximum atomic E-state index is 13.5. The second-order valence-electron chi connectivity index (χ2n) is 6.88. The Hall–Kier alpha value is -3.19. The van der Waals surface area contributed by atoms with Gasteiger partial charge in [0, 0.05) is 30.9 Å². The number of halogens is 1. The summed E-state index contributed by atoms with van der Waals surface area (Å²) in [6.45, 7) is 3.59. The van der Waals surface area contributed by atoms with Crippen LogP contribution in [0.5, 0.6) is 5.75 Å². The first-order valence-electron chi connectivity index (χ1n) is 9.62. The van der Waals surface area contributed by atoms with Gasteiger partial charge in [0.1, 0.15) is 23.0 Å². The molecule has 0 radical (unpaired) electrons. The number of nitrogens with zero attached hydrogens (tertiary/aromatic N) is 2. The molecule has 1 aliphatic heterocycles. The number of phenols is 1. The van der Waals surface area contributed by atoms with Gasteiger partial charge in [0.15, 0.2) is 0 Å². The van der Waals surface area contributed by atoms with Crippen LogP contribution in [0.2, 0.25) is 0 Å². The van der Waals surface area contributed by atoms with E-state index in [1.54, 1.807) is 41.3 Å². The van der Waals surface area contributed by atoms with Gasteiger partial charge in [-0.2, -0.15) is 5.10 Å². The van der Waals surface area contributed by atoms with Gasteiger partial charge < -0.3 is 14.7 Å². The van der Waals surface area contributed by atoms with E-state index in [1.807, 2.05) is 6.92 Å². The highest BCUT2D eigenvalue weighted by Gasteiger charge is 2.42. The highest BCUT2D eigenvalue weighted by atomic mass is 19.1. The Labute approximate surface area is 167 Å². The molecule has 0 aliphatic carbocycles. The molecule has 3 aromatic rings. The molecule has 1 aromatic heterocycles. The van der Waals surface area contributed by atoms with Crippen LogP contribution in [-0.4, -0.2) is 45.9 Å². The van der Waals surface area contributed by atoms with Crippen LogP contribution in [0.1, 0.15) is 41.0 Å². The minimum Gasteiger partial charge on any atom is -0.507 e. The molecule has 2 heterocycles.